The Balaban J connectivity index is 4.26. The van der Waals surface area contributed by atoms with Crippen LogP contribution in [0.3, 0.4) is 0 Å². The van der Waals surface area contributed by atoms with Crippen molar-refractivity contribution in [2.45, 2.75) is 46.2 Å². The molecule has 4 nitrogen and oxygen atoms in total. The van der Waals surface area contributed by atoms with Gasteiger partial charge >= 0.3 is 0 Å². The second-order valence-corrected chi connectivity index (χ2v) is 6.84. The van der Waals surface area contributed by atoms with E-state index in [2.05, 4.69) is 19.2 Å². The highest BCUT2D eigenvalue weighted by Gasteiger charge is 2.20. The lowest BCUT2D eigenvalue weighted by molar-refractivity contribution is 0.195. The Labute approximate surface area is 99.4 Å². The first-order chi connectivity index (χ1) is 7.36. The van der Waals surface area contributed by atoms with Crippen LogP contribution in [-0.2, 0) is 9.84 Å². The number of hydrogen-bond donors (Lipinski definition) is 2. The van der Waals surface area contributed by atoms with E-state index in [-0.39, 0.29) is 30.2 Å². The largest absolute Gasteiger partial charge is 0.395 e. The molecular formula is C11H25NO3S. The lowest BCUT2D eigenvalue weighted by Crippen LogP contribution is -2.45. The van der Waals surface area contributed by atoms with E-state index in [4.69, 9.17) is 0 Å². The summed E-state index contributed by atoms with van der Waals surface area (Å²) in [4.78, 5) is 0. The molecule has 5 heteroatoms. The summed E-state index contributed by atoms with van der Waals surface area (Å²) in [5.74, 6) is 0.652. The van der Waals surface area contributed by atoms with Crippen LogP contribution >= 0.6 is 0 Å². The van der Waals surface area contributed by atoms with Gasteiger partial charge in [0, 0.05) is 17.8 Å². The molecule has 0 bridgehead atoms. The van der Waals surface area contributed by atoms with Gasteiger partial charge in [-0.05, 0) is 12.8 Å². The first kappa shape index (κ1) is 15.9. The molecule has 0 aromatic heterocycles. The summed E-state index contributed by atoms with van der Waals surface area (Å²) >= 11 is 0. The molecule has 0 amide bonds. The fourth-order valence-corrected chi connectivity index (χ4v) is 2.69. The lowest BCUT2D eigenvalue weighted by Gasteiger charge is -2.26. The van der Waals surface area contributed by atoms with Crippen molar-refractivity contribution in [3.63, 3.8) is 0 Å². The minimum absolute atomic E-state index is 0.0212. The van der Waals surface area contributed by atoms with Crippen LogP contribution in [0, 0.1) is 5.92 Å². The third-order valence-electron chi connectivity index (χ3n) is 2.97. The zero-order valence-electron chi connectivity index (χ0n) is 10.7. The number of sulfone groups is 1. The first-order valence-corrected chi connectivity index (χ1v) is 7.75. The van der Waals surface area contributed by atoms with Crippen LogP contribution in [0.2, 0.25) is 0 Å². The maximum absolute atomic E-state index is 11.4. The summed E-state index contributed by atoms with van der Waals surface area (Å²) < 4.78 is 22.8. The van der Waals surface area contributed by atoms with Crippen molar-refractivity contribution < 1.29 is 13.5 Å². The molecule has 16 heavy (non-hydrogen) atoms. The van der Waals surface area contributed by atoms with Crippen LogP contribution in [-0.4, -0.2) is 43.7 Å². The van der Waals surface area contributed by atoms with E-state index in [0.717, 1.165) is 6.42 Å². The fourth-order valence-electron chi connectivity index (χ4n) is 1.59. The monoisotopic (exact) mass is 251 g/mol. The molecule has 0 saturated carbocycles. The molecule has 0 spiro atoms. The Morgan fingerprint density at radius 3 is 2.19 bits per heavy atom. The van der Waals surface area contributed by atoms with Gasteiger partial charge in [0.15, 0.2) is 9.84 Å². The second-order valence-electron chi connectivity index (χ2n) is 4.44. The van der Waals surface area contributed by atoms with Crippen LogP contribution in [0.15, 0.2) is 0 Å². The lowest BCUT2D eigenvalue weighted by atomic mass is 9.99. The Kier molecular flexibility index (Phi) is 7.19. The zero-order valence-corrected chi connectivity index (χ0v) is 11.5. The van der Waals surface area contributed by atoms with Crippen molar-refractivity contribution in [2.75, 3.05) is 18.1 Å². The predicted molar refractivity (Wildman–Crippen MR) is 67.3 cm³/mol. The summed E-state index contributed by atoms with van der Waals surface area (Å²) in [5.41, 5.74) is 0. The molecule has 0 fully saturated rings. The number of nitrogens with one attached hydrogen (secondary N) is 1. The molecule has 2 N–H and O–H groups in total. The normalized spacial score (nSPS) is 18.1. The van der Waals surface area contributed by atoms with E-state index >= 15 is 0 Å². The van der Waals surface area contributed by atoms with Crippen LogP contribution in [0.5, 0.6) is 0 Å². The van der Waals surface area contributed by atoms with Crippen LogP contribution in [0.25, 0.3) is 0 Å². The SMILES string of the molecule is CCC(C)C(CO)NC(C)CS(=O)(=O)CC. The smallest absolute Gasteiger partial charge is 0.151 e. The van der Waals surface area contributed by atoms with Crippen LogP contribution in [0.4, 0.5) is 0 Å². The van der Waals surface area contributed by atoms with Gasteiger partial charge in [0.25, 0.3) is 0 Å². The van der Waals surface area contributed by atoms with E-state index in [1.165, 1.54) is 0 Å². The Morgan fingerprint density at radius 2 is 1.81 bits per heavy atom. The molecular weight excluding hydrogens is 226 g/mol. The van der Waals surface area contributed by atoms with Crippen molar-refractivity contribution in [3.8, 4) is 0 Å². The van der Waals surface area contributed by atoms with Crippen molar-refractivity contribution in [1.29, 1.82) is 0 Å². The maximum Gasteiger partial charge on any atom is 0.151 e. The minimum atomic E-state index is -2.95. The Morgan fingerprint density at radius 1 is 1.25 bits per heavy atom. The number of aliphatic hydroxyl groups excluding tert-OH is 1. The zero-order chi connectivity index (χ0) is 12.8. The first-order valence-electron chi connectivity index (χ1n) is 5.93. The third-order valence-corrected chi connectivity index (χ3v) is 4.86. The van der Waals surface area contributed by atoms with E-state index in [1.54, 1.807) is 6.92 Å². The van der Waals surface area contributed by atoms with E-state index in [9.17, 15) is 13.5 Å². The Bertz CT molecular complexity index is 277. The van der Waals surface area contributed by atoms with E-state index in [1.807, 2.05) is 6.92 Å². The van der Waals surface area contributed by atoms with Gasteiger partial charge in [0.1, 0.15) is 0 Å². The summed E-state index contributed by atoms with van der Waals surface area (Å²) in [6.45, 7) is 7.65. The molecule has 3 unspecified atom stereocenters. The highest BCUT2D eigenvalue weighted by atomic mass is 32.2. The molecule has 0 aromatic rings. The van der Waals surface area contributed by atoms with Crippen LogP contribution in [0.1, 0.15) is 34.1 Å². The molecule has 0 rings (SSSR count). The molecule has 0 aliphatic rings. The molecule has 0 heterocycles. The predicted octanol–water partition coefficient (Wildman–Crippen LogP) is 0.806. The van der Waals surface area contributed by atoms with Gasteiger partial charge in [-0.3, -0.25) is 0 Å². The van der Waals surface area contributed by atoms with Crippen molar-refractivity contribution in [2.24, 2.45) is 5.92 Å². The van der Waals surface area contributed by atoms with Gasteiger partial charge in [-0.25, -0.2) is 8.42 Å². The van der Waals surface area contributed by atoms with E-state index < -0.39 is 9.84 Å². The molecule has 3 atom stereocenters. The number of hydrogen-bond acceptors (Lipinski definition) is 4. The van der Waals surface area contributed by atoms with Gasteiger partial charge < -0.3 is 10.4 Å². The molecule has 0 aliphatic heterocycles. The average Bonchev–Trinajstić information content (AvgIpc) is 2.24. The third kappa shape index (κ3) is 5.82. The van der Waals surface area contributed by atoms with Crippen molar-refractivity contribution >= 4 is 9.84 Å². The quantitative estimate of drug-likeness (QED) is 0.670. The van der Waals surface area contributed by atoms with Gasteiger partial charge in [-0.15, -0.1) is 0 Å². The summed E-state index contributed by atoms with van der Waals surface area (Å²) in [6, 6.07) is -0.136. The summed E-state index contributed by atoms with van der Waals surface area (Å²) in [7, 11) is -2.95. The minimum Gasteiger partial charge on any atom is -0.395 e. The van der Waals surface area contributed by atoms with Gasteiger partial charge in [0.2, 0.25) is 0 Å². The Hall–Kier alpha value is -0.130. The maximum atomic E-state index is 11.4. The molecule has 0 aromatic carbocycles. The molecule has 0 saturated heterocycles. The van der Waals surface area contributed by atoms with Gasteiger partial charge in [-0.2, -0.15) is 0 Å². The number of aliphatic hydroxyl groups is 1. The van der Waals surface area contributed by atoms with E-state index in [0.29, 0.717) is 5.92 Å². The fraction of sp³-hybridized carbons (Fsp3) is 1.00. The standard InChI is InChI=1S/C11H25NO3S/c1-5-9(3)11(7-13)12-10(4)8-16(14,15)6-2/h9-13H,5-8H2,1-4H3. The highest BCUT2D eigenvalue weighted by Crippen LogP contribution is 2.08. The molecule has 0 radical (unpaired) electrons. The summed E-state index contributed by atoms with van der Waals surface area (Å²) in [6.07, 6.45) is 0.964. The van der Waals surface area contributed by atoms with Gasteiger partial charge in [0.05, 0.1) is 12.4 Å². The highest BCUT2D eigenvalue weighted by molar-refractivity contribution is 7.91. The second kappa shape index (κ2) is 7.25. The van der Waals surface area contributed by atoms with Crippen molar-refractivity contribution in [1.82, 2.24) is 5.32 Å². The summed E-state index contributed by atoms with van der Waals surface area (Å²) in [5, 5.41) is 12.4. The number of rotatable bonds is 8. The molecule has 0 aliphatic carbocycles. The van der Waals surface area contributed by atoms with Gasteiger partial charge in [-0.1, -0.05) is 27.2 Å². The van der Waals surface area contributed by atoms with Crippen molar-refractivity contribution in [3.05, 3.63) is 0 Å². The molecule has 98 valence electrons. The van der Waals surface area contributed by atoms with Crippen LogP contribution < -0.4 is 5.32 Å². The average molecular weight is 251 g/mol. The topological polar surface area (TPSA) is 66.4 Å².